The third-order valence-corrected chi connectivity index (χ3v) is 7.27. The molecule has 0 aromatic heterocycles. The van der Waals surface area contributed by atoms with Gasteiger partial charge in [-0.15, -0.1) is 0 Å². The van der Waals surface area contributed by atoms with Crippen LogP contribution in [0.5, 0.6) is 0 Å². The van der Waals surface area contributed by atoms with Crippen molar-refractivity contribution in [2.24, 2.45) is 27.1 Å². The van der Waals surface area contributed by atoms with Crippen LogP contribution in [-0.2, 0) is 57.2 Å². The van der Waals surface area contributed by atoms with Gasteiger partial charge >= 0.3 is 35.8 Å². The molecule has 47 heavy (non-hydrogen) atoms. The summed E-state index contributed by atoms with van der Waals surface area (Å²) < 4.78 is 30.5. The fourth-order valence-electron chi connectivity index (χ4n) is 2.93. The minimum absolute atomic E-state index is 0.588. The summed E-state index contributed by atoms with van der Waals surface area (Å²) in [6.07, 6.45) is 0. The molecule has 0 fully saturated rings. The van der Waals surface area contributed by atoms with Crippen molar-refractivity contribution >= 4 is 35.8 Å². The topological polar surface area (TPSA) is 279 Å². The Labute approximate surface area is 271 Å². The van der Waals surface area contributed by atoms with Crippen molar-refractivity contribution in [3.8, 4) is 0 Å². The predicted molar refractivity (Wildman–Crippen MR) is 154 cm³/mol. The zero-order chi connectivity index (χ0) is 36.7. The smallest absolute Gasteiger partial charge is 0.318 e. The molecule has 18 heteroatoms. The Morgan fingerprint density at radius 1 is 0.383 bits per heavy atom. The van der Waals surface area contributed by atoms with E-state index in [4.69, 9.17) is 28.4 Å². The highest BCUT2D eigenvalue weighted by Gasteiger charge is 2.44. The minimum Gasteiger partial charge on any atom is -0.465 e. The highest BCUT2D eigenvalue weighted by molar-refractivity contribution is 5.81. The fourth-order valence-corrected chi connectivity index (χ4v) is 2.93. The number of carbonyl (C=O) groups excluding carboxylic acids is 6. The second-order valence-electron chi connectivity index (χ2n) is 12.5. The van der Waals surface area contributed by atoms with Crippen LogP contribution in [-0.4, -0.2) is 146 Å². The lowest BCUT2D eigenvalue weighted by Crippen LogP contribution is -2.46. The molecule has 1 unspecified atom stereocenters. The van der Waals surface area contributed by atoms with Gasteiger partial charge in [-0.25, -0.2) is 0 Å². The predicted octanol–water partition coefficient (Wildman–Crippen LogP) is -2.75. The molecule has 0 aromatic rings. The maximum atomic E-state index is 13.1. The Balaban J connectivity index is 5.70. The van der Waals surface area contributed by atoms with E-state index in [2.05, 4.69) is 0 Å². The normalized spacial score (nSPS) is 13.5. The molecule has 0 aromatic carbocycles. The van der Waals surface area contributed by atoms with Crippen molar-refractivity contribution in [3.05, 3.63) is 0 Å². The van der Waals surface area contributed by atoms with Crippen LogP contribution in [0.2, 0.25) is 0 Å². The van der Waals surface area contributed by atoms with Gasteiger partial charge in [-0.3, -0.25) is 28.8 Å². The molecule has 0 spiro atoms. The van der Waals surface area contributed by atoms with Gasteiger partial charge in [-0.1, -0.05) is 0 Å². The van der Waals surface area contributed by atoms with Gasteiger partial charge in [0.05, 0.1) is 39.6 Å². The molecule has 0 amide bonds. The second kappa shape index (κ2) is 18.8. The van der Waals surface area contributed by atoms with Crippen molar-refractivity contribution in [1.29, 1.82) is 0 Å². The molecular weight excluding hydrogens is 636 g/mol. The van der Waals surface area contributed by atoms with Gasteiger partial charge in [0.2, 0.25) is 0 Å². The van der Waals surface area contributed by atoms with Crippen molar-refractivity contribution in [3.63, 3.8) is 0 Å². The molecule has 0 bridgehead atoms. The summed E-state index contributed by atoms with van der Waals surface area (Å²) >= 11 is 0. The van der Waals surface area contributed by atoms with Crippen LogP contribution in [0, 0.1) is 27.1 Å². The number of hydrogen-bond acceptors (Lipinski definition) is 18. The monoisotopic (exact) mass is 684 g/mol. The molecular formula is C29H48O18. The van der Waals surface area contributed by atoms with Crippen LogP contribution >= 0.6 is 0 Å². The molecule has 0 rings (SSSR count). The van der Waals surface area contributed by atoms with Crippen molar-refractivity contribution in [2.45, 2.75) is 41.5 Å². The molecule has 18 nitrogen and oxygen atoms in total. The number of aliphatic hydroxyl groups excluding tert-OH is 6. The van der Waals surface area contributed by atoms with Crippen molar-refractivity contribution < 1.29 is 87.8 Å². The van der Waals surface area contributed by atoms with E-state index in [-0.39, 0.29) is 0 Å². The molecule has 272 valence electrons. The highest BCUT2D eigenvalue weighted by atomic mass is 16.6. The maximum Gasteiger partial charge on any atom is 0.318 e. The van der Waals surface area contributed by atoms with Gasteiger partial charge in [0, 0.05) is 6.92 Å². The van der Waals surface area contributed by atoms with Crippen LogP contribution in [0.3, 0.4) is 0 Å². The van der Waals surface area contributed by atoms with Gasteiger partial charge in [0.1, 0.15) is 66.7 Å². The number of hydrogen-bond donors (Lipinski definition) is 6. The Morgan fingerprint density at radius 2 is 0.596 bits per heavy atom. The quantitative estimate of drug-likeness (QED) is 0.0383. The highest BCUT2D eigenvalue weighted by Crippen LogP contribution is 2.27. The minimum atomic E-state index is -1.92. The van der Waals surface area contributed by atoms with Gasteiger partial charge < -0.3 is 59.1 Å². The van der Waals surface area contributed by atoms with Gasteiger partial charge in [0.15, 0.2) is 0 Å². The van der Waals surface area contributed by atoms with E-state index in [1.165, 1.54) is 34.6 Å². The molecule has 0 aliphatic rings. The molecule has 1 atom stereocenters. The maximum absolute atomic E-state index is 13.1. The first-order valence-corrected chi connectivity index (χ1v) is 14.4. The van der Waals surface area contributed by atoms with Crippen molar-refractivity contribution in [2.75, 3.05) is 79.3 Å². The Hall–Kier alpha value is -3.42. The Bertz CT molecular complexity index is 1040. The average molecular weight is 685 g/mol. The molecule has 6 N–H and O–H groups in total. The number of carbonyl (C=O) groups is 6. The fraction of sp³-hybridized carbons (Fsp3) is 0.793. The SMILES string of the molecule is CC(=O)OCC(C)(COC(=O)C(C)(CO)CO)C(=O)OCCOC(=O)C(C)(COC(=O)C(C)(CO)CO)COC(=O)C(C)(CO)CO. The summed E-state index contributed by atoms with van der Waals surface area (Å²) in [5.74, 6) is -6.18. The summed E-state index contributed by atoms with van der Waals surface area (Å²) in [6.45, 7) is -1.66. The van der Waals surface area contributed by atoms with E-state index in [9.17, 15) is 59.4 Å². The average Bonchev–Trinajstić information content (AvgIpc) is 3.07. The summed E-state index contributed by atoms with van der Waals surface area (Å²) in [4.78, 5) is 74.8. The number of rotatable bonds is 22. The van der Waals surface area contributed by atoms with Crippen LogP contribution < -0.4 is 0 Å². The molecule has 0 saturated heterocycles. The molecule has 0 saturated carbocycles. The van der Waals surface area contributed by atoms with E-state index in [0.717, 1.165) is 6.92 Å². The Kier molecular flexibility index (Phi) is 17.4. The summed E-state index contributed by atoms with van der Waals surface area (Å²) in [5.41, 5.74) is -8.84. The molecule has 0 heterocycles. The van der Waals surface area contributed by atoms with Crippen LogP contribution in [0.15, 0.2) is 0 Å². The van der Waals surface area contributed by atoms with Crippen LogP contribution in [0.4, 0.5) is 0 Å². The number of esters is 6. The second-order valence-corrected chi connectivity index (χ2v) is 12.5. The van der Waals surface area contributed by atoms with E-state index >= 15 is 0 Å². The number of ether oxygens (including phenoxy) is 6. The largest absolute Gasteiger partial charge is 0.465 e. The molecule has 0 aliphatic carbocycles. The zero-order valence-corrected chi connectivity index (χ0v) is 27.6. The third kappa shape index (κ3) is 12.3. The van der Waals surface area contributed by atoms with Gasteiger partial charge in [-0.2, -0.15) is 0 Å². The van der Waals surface area contributed by atoms with E-state index in [0.29, 0.717) is 0 Å². The lowest BCUT2D eigenvalue weighted by atomic mass is 9.90. The molecule has 0 aliphatic heterocycles. The van der Waals surface area contributed by atoms with E-state index in [1.54, 1.807) is 0 Å². The number of aliphatic hydroxyl groups is 6. The third-order valence-electron chi connectivity index (χ3n) is 7.27. The van der Waals surface area contributed by atoms with Crippen LogP contribution in [0.1, 0.15) is 41.5 Å². The zero-order valence-electron chi connectivity index (χ0n) is 27.6. The lowest BCUT2D eigenvalue weighted by Gasteiger charge is -2.31. The van der Waals surface area contributed by atoms with Crippen molar-refractivity contribution in [1.82, 2.24) is 0 Å². The van der Waals surface area contributed by atoms with E-state index in [1.807, 2.05) is 0 Å². The Morgan fingerprint density at radius 3 is 0.809 bits per heavy atom. The van der Waals surface area contributed by atoms with Crippen LogP contribution in [0.25, 0.3) is 0 Å². The van der Waals surface area contributed by atoms with Gasteiger partial charge in [-0.05, 0) is 34.6 Å². The molecule has 0 radical (unpaired) electrons. The van der Waals surface area contributed by atoms with Gasteiger partial charge in [0.25, 0.3) is 0 Å². The first-order valence-electron chi connectivity index (χ1n) is 14.4. The lowest BCUT2D eigenvalue weighted by molar-refractivity contribution is -0.183. The summed E-state index contributed by atoms with van der Waals surface area (Å²) in [6, 6.07) is 0. The standard InChI is InChI=1S/C29H48O18/c1-19(36)44-15-28(5,16-45-20(37)25(2,9-30)10-31)23(40)42-7-8-43-24(41)29(6,17-46-21(38)26(3,11-32)12-33)18-47-22(39)27(4,13-34)14-35/h30-35H,7-18H2,1-6H3. The first-order chi connectivity index (χ1) is 21.7. The summed E-state index contributed by atoms with van der Waals surface area (Å²) in [5, 5.41) is 56.6. The summed E-state index contributed by atoms with van der Waals surface area (Å²) in [7, 11) is 0. The first kappa shape index (κ1) is 43.6. The van der Waals surface area contributed by atoms with E-state index < -0.39 is 142 Å².